The number of nitrogen functional groups attached to an aromatic ring is 1. The SMILES string of the molecule is CCCCN1CCC(NC(=O)c2cc(Cl)c(N)c3c2OCC(C)O3)CC1. The number of nitrogens with zero attached hydrogens (tertiary/aromatic N) is 1. The van der Waals surface area contributed by atoms with Gasteiger partial charge in [0.1, 0.15) is 12.7 Å². The van der Waals surface area contributed by atoms with Gasteiger partial charge in [-0.1, -0.05) is 24.9 Å². The van der Waals surface area contributed by atoms with Gasteiger partial charge in [0.05, 0.1) is 16.3 Å². The zero-order valence-corrected chi connectivity index (χ0v) is 16.3. The van der Waals surface area contributed by atoms with E-state index in [0.29, 0.717) is 34.4 Å². The number of nitrogens with one attached hydrogen (secondary N) is 1. The average Bonchev–Trinajstić information content (AvgIpc) is 2.64. The molecule has 26 heavy (non-hydrogen) atoms. The molecule has 0 aromatic heterocycles. The Morgan fingerprint density at radius 2 is 2.12 bits per heavy atom. The van der Waals surface area contributed by atoms with Crippen LogP contribution in [-0.2, 0) is 0 Å². The maximum atomic E-state index is 12.8. The second-order valence-corrected chi connectivity index (χ2v) is 7.57. The fourth-order valence-corrected chi connectivity index (χ4v) is 3.63. The van der Waals surface area contributed by atoms with E-state index in [1.807, 2.05) is 6.92 Å². The number of ether oxygens (including phenoxy) is 2. The summed E-state index contributed by atoms with van der Waals surface area (Å²) >= 11 is 6.21. The Kier molecular flexibility index (Phi) is 6.14. The highest BCUT2D eigenvalue weighted by Gasteiger charge is 2.29. The molecule has 6 nitrogen and oxygen atoms in total. The maximum Gasteiger partial charge on any atom is 0.255 e. The highest BCUT2D eigenvalue weighted by Crippen LogP contribution is 2.44. The topological polar surface area (TPSA) is 76.8 Å². The number of amides is 1. The number of unbranched alkanes of at least 4 members (excludes halogenated alkanes) is 1. The lowest BCUT2D eigenvalue weighted by molar-refractivity contribution is 0.0869. The quantitative estimate of drug-likeness (QED) is 0.766. The molecule has 2 heterocycles. The number of hydrogen-bond donors (Lipinski definition) is 2. The van der Waals surface area contributed by atoms with Crippen LogP contribution >= 0.6 is 11.6 Å². The molecule has 3 rings (SSSR count). The number of carbonyl (C=O) groups excluding carboxylic acids is 1. The van der Waals surface area contributed by atoms with Crippen molar-refractivity contribution in [2.45, 2.75) is 51.7 Å². The van der Waals surface area contributed by atoms with Gasteiger partial charge in [-0.3, -0.25) is 4.79 Å². The van der Waals surface area contributed by atoms with Gasteiger partial charge in [0.15, 0.2) is 11.5 Å². The molecule has 1 atom stereocenters. The summed E-state index contributed by atoms with van der Waals surface area (Å²) in [5.41, 5.74) is 6.70. The molecule has 0 saturated carbocycles. The molecule has 2 aliphatic rings. The molecule has 0 radical (unpaired) electrons. The Morgan fingerprint density at radius 3 is 2.81 bits per heavy atom. The van der Waals surface area contributed by atoms with E-state index in [1.165, 1.54) is 12.8 Å². The lowest BCUT2D eigenvalue weighted by atomic mass is 10.0. The smallest absolute Gasteiger partial charge is 0.255 e. The number of piperidine rings is 1. The molecule has 1 aromatic rings. The van der Waals surface area contributed by atoms with Crippen molar-refractivity contribution in [3.05, 3.63) is 16.7 Å². The lowest BCUT2D eigenvalue weighted by Crippen LogP contribution is -2.45. The van der Waals surface area contributed by atoms with Gasteiger partial charge in [-0.15, -0.1) is 0 Å². The third-order valence-corrected chi connectivity index (χ3v) is 5.31. The van der Waals surface area contributed by atoms with Gasteiger partial charge in [-0.25, -0.2) is 0 Å². The molecule has 0 aliphatic carbocycles. The van der Waals surface area contributed by atoms with E-state index in [2.05, 4.69) is 17.1 Å². The van der Waals surface area contributed by atoms with Crippen molar-refractivity contribution in [1.82, 2.24) is 10.2 Å². The fraction of sp³-hybridized carbons (Fsp3) is 0.632. The summed E-state index contributed by atoms with van der Waals surface area (Å²) in [4.78, 5) is 15.3. The second-order valence-electron chi connectivity index (χ2n) is 7.16. The van der Waals surface area contributed by atoms with E-state index in [-0.39, 0.29) is 18.1 Å². The van der Waals surface area contributed by atoms with Crippen LogP contribution in [0.25, 0.3) is 0 Å². The van der Waals surface area contributed by atoms with E-state index >= 15 is 0 Å². The predicted molar refractivity (Wildman–Crippen MR) is 103 cm³/mol. The highest BCUT2D eigenvalue weighted by molar-refractivity contribution is 6.34. The van der Waals surface area contributed by atoms with Gasteiger partial charge in [-0.2, -0.15) is 0 Å². The molecule has 1 amide bonds. The van der Waals surface area contributed by atoms with E-state index in [4.69, 9.17) is 26.8 Å². The predicted octanol–water partition coefficient (Wildman–Crippen LogP) is 3.08. The molecule has 0 spiro atoms. The number of halogens is 1. The third kappa shape index (κ3) is 4.18. The standard InChI is InChI=1S/C19H28ClN3O3/c1-3-4-7-23-8-5-13(6-9-23)22-19(24)14-10-15(20)16(21)18-17(14)25-11-12(2)26-18/h10,12-13H,3-9,11,21H2,1-2H3,(H,22,24). The van der Waals surface area contributed by atoms with Gasteiger partial charge in [0.25, 0.3) is 5.91 Å². The Morgan fingerprint density at radius 1 is 1.38 bits per heavy atom. The largest absolute Gasteiger partial charge is 0.485 e. The number of nitrogens with two attached hydrogens (primary N) is 1. The van der Waals surface area contributed by atoms with E-state index < -0.39 is 0 Å². The molecule has 3 N–H and O–H groups in total. The Bertz CT molecular complexity index is 660. The molecular formula is C19H28ClN3O3. The minimum absolute atomic E-state index is 0.133. The molecule has 1 saturated heterocycles. The molecule has 1 fully saturated rings. The van der Waals surface area contributed by atoms with Crippen molar-refractivity contribution in [3.8, 4) is 11.5 Å². The molecule has 7 heteroatoms. The Balaban J connectivity index is 1.67. The van der Waals surface area contributed by atoms with Crippen LogP contribution in [0.1, 0.15) is 49.9 Å². The number of anilines is 1. The minimum Gasteiger partial charge on any atom is -0.485 e. The maximum absolute atomic E-state index is 12.8. The summed E-state index contributed by atoms with van der Waals surface area (Å²) in [6, 6.07) is 1.73. The zero-order valence-electron chi connectivity index (χ0n) is 15.5. The summed E-state index contributed by atoms with van der Waals surface area (Å²) in [5.74, 6) is 0.576. The van der Waals surface area contributed by atoms with Gasteiger partial charge < -0.3 is 25.4 Å². The number of likely N-dealkylation sites (tertiary alicyclic amines) is 1. The van der Waals surface area contributed by atoms with Crippen molar-refractivity contribution in [1.29, 1.82) is 0 Å². The van der Waals surface area contributed by atoms with Crippen LogP contribution in [0.4, 0.5) is 5.69 Å². The van der Waals surface area contributed by atoms with E-state index in [9.17, 15) is 4.79 Å². The molecule has 2 aliphatic heterocycles. The monoisotopic (exact) mass is 381 g/mol. The van der Waals surface area contributed by atoms with Crippen molar-refractivity contribution in [2.75, 3.05) is 32.0 Å². The third-order valence-electron chi connectivity index (χ3n) is 5.00. The van der Waals surface area contributed by atoms with Gasteiger partial charge in [0, 0.05) is 19.1 Å². The van der Waals surface area contributed by atoms with Gasteiger partial charge in [-0.05, 0) is 38.8 Å². The summed E-state index contributed by atoms with van der Waals surface area (Å²) in [6.07, 6.45) is 4.21. The first-order valence-corrected chi connectivity index (χ1v) is 9.82. The van der Waals surface area contributed by atoms with Crippen molar-refractivity contribution < 1.29 is 14.3 Å². The number of fused-ring (bicyclic) bond motifs is 1. The minimum atomic E-state index is -0.187. The van der Waals surface area contributed by atoms with Crippen LogP contribution in [0.3, 0.4) is 0 Å². The van der Waals surface area contributed by atoms with Crippen LogP contribution in [0.5, 0.6) is 11.5 Å². The first-order valence-electron chi connectivity index (χ1n) is 9.44. The zero-order chi connectivity index (χ0) is 18.7. The number of hydrogen-bond acceptors (Lipinski definition) is 5. The molecule has 0 bridgehead atoms. The van der Waals surface area contributed by atoms with Crippen LogP contribution in [-0.4, -0.2) is 49.2 Å². The first kappa shape index (κ1) is 19.1. The summed E-state index contributed by atoms with van der Waals surface area (Å²) in [6.45, 7) is 7.64. The fourth-order valence-electron chi connectivity index (χ4n) is 3.43. The Labute approximate surface area is 160 Å². The number of benzene rings is 1. The summed E-state index contributed by atoms with van der Waals surface area (Å²) in [7, 11) is 0. The van der Waals surface area contributed by atoms with Crippen molar-refractivity contribution >= 4 is 23.2 Å². The van der Waals surface area contributed by atoms with E-state index in [0.717, 1.165) is 32.5 Å². The molecule has 1 unspecified atom stereocenters. The molecular weight excluding hydrogens is 354 g/mol. The highest BCUT2D eigenvalue weighted by atomic mass is 35.5. The van der Waals surface area contributed by atoms with Crippen LogP contribution in [0.15, 0.2) is 6.07 Å². The number of carbonyl (C=O) groups is 1. The van der Waals surface area contributed by atoms with Gasteiger partial charge in [0.2, 0.25) is 0 Å². The van der Waals surface area contributed by atoms with Gasteiger partial charge >= 0.3 is 0 Å². The molecule has 144 valence electrons. The van der Waals surface area contributed by atoms with Crippen LogP contribution in [0, 0.1) is 0 Å². The average molecular weight is 382 g/mol. The van der Waals surface area contributed by atoms with Crippen LogP contribution < -0.4 is 20.5 Å². The normalized spacial score (nSPS) is 20.8. The number of rotatable bonds is 5. The van der Waals surface area contributed by atoms with E-state index in [1.54, 1.807) is 6.07 Å². The summed E-state index contributed by atoms with van der Waals surface area (Å²) in [5, 5.41) is 3.43. The molecule has 1 aromatic carbocycles. The second kappa shape index (κ2) is 8.35. The van der Waals surface area contributed by atoms with Crippen molar-refractivity contribution in [3.63, 3.8) is 0 Å². The van der Waals surface area contributed by atoms with Crippen molar-refractivity contribution in [2.24, 2.45) is 0 Å². The Hall–Kier alpha value is -1.66. The lowest BCUT2D eigenvalue weighted by Gasteiger charge is -2.32. The first-order chi connectivity index (χ1) is 12.5. The van der Waals surface area contributed by atoms with Crippen LogP contribution in [0.2, 0.25) is 5.02 Å². The summed E-state index contributed by atoms with van der Waals surface area (Å²) < 4.78 is 11.5.